The quantitative estimate of drug-likeness (QED) is 0.758. The molecule has 1 aromatic heterocycles. The first-order valence-corrected chi connectivity index (χ1v) is 6.48. The van der Waals surface area contributed by atoms with Crippen molar-refractivity contribution in [2.75, 3.05) is 0 Å². The first kappa shape index (κ1) is 14.7. The molecule has 1 aromatic rings. The predicted molar refractivity (Wildman–Crippen MR) is 69.3 cm³/mol. The van der Waals surface area contributed by atoms with Gasteiger partial charge in [0.05, 0.1) is 5.69 Å². The van der Waals surface area contributed by atoms with Crippen molar-refractivity contribution in [3.63, 3.8) is 0 Å². The summed E-state index contributed by atoms with van der Waals surface area (Å²) < 4.78 is 1.87. The van der Waals surface area contributed by atoms with Gasteiger partial charge in [-0.2, -0.15) is 0 Å². The number of aliphatic carboxylic acids is 1. The molecule has 0 unspecified atom stereocenters. The Kier molecular flexibility index (Phi) is 5.31. The summed E-state index contributed by atoms with van der Waals surface area (Å²) in [6.07, 6.45) is 5.62. The lowest BCUT2D eigenvalue weighted by Crippen LogP contribution is -2.10. The lowest BCUT2D eigenvalue weighted by molar-refractivity contribution is -0.137. The summed E-state index contributed by atoms with van der Waals surface area (Å²) >= 11 is 0. The number of hydrogen-bond donors (Lipinski definition) is 1. The van der Waals surface area contributed by atoms with Gasteiger partial charge in [-0.15, -0.1) is 5.10 Å². The molecule has 0 aliphatic heterocycles. The number of aromatic nitrogens is 3. The molecule has 0 fully saturated rings. The number of nitrogens with zero attached hydrogens (tertiary/aromatic N) is 3. The molecule has 0 bridgehead atoms. The SMILES string of the molecule is CC(C)(C)CCn1cc(CCCCC(=O)O)nn1. The van der Waals surface area contributed by atoms with Gasteiger partial charge in [0.15, 0.2) is 0 Å². The highest BCUT2D eigenvalue weighted by atomic mass is 16.4. The Morgan fingerprint density at radius 1 is 1.39 bits per heavy atom. The number of carboxylic acids is 1. The van der Waals surface area contributed by atoms with Crippen molar-refractivity contribution in [2.45, 2.75) is 59.4 Å². The zero-order valence-electron chi connectivity index (χ0n) is 11.5. The number of carboxylic acid groups (broad SMARTS) is 1. The standard InChI is InChI=1S/C13H23N3O2/c1-13(2,3)8-9-16-10-11(14-15-16)6-4-5-7-12(17)18/h10H,4-9H2,1-3H3,(H,17,18). The molecular formula is C13H23N3O2. The second kappa shape index (κ2) is 6.52. The molecule has 18 heavy (non-hydrogen) atoms. The minimum absolute atomic E-state index is 0.234. The van der Waals surface area contributed by atoms with Crippen molar-refractivity contribution in [2.24, 2.45) is 5.41 Å². The van der Waals surface area contributed by atoms with Gasteiger partial charge in [0.1, 0.15) is 0 Å². The van der Waals surface area contributed by atoms with E-state index in [0.717, 1.165) is 31.5 Å². The topological polar surface area (TPSA) is 68.0 Å². The van der Waals surface area contributed by atoms with Crippen LogP contribution in [0.2, 0.25) is 0 Å². The fourth-order valence-electron chi connectivity index (χ4n) is 1.59. The van der Waals surface area contributed by atoms with Gasteiger partial charge in [-0.25, -0.2) is 0 Å². The largest absolute Gasteiger partial charge is 0.481 e. The summed E-state index contributed by atoms with van der Waals surface area (Å²) in [5, 5.41) is 16.7. The van der Waals surface area contributed by atoms with E-state index in [2.05, 4.69) is 31.1 Å². The van der Waals surface area contributed by atoms with E-state index >= 15 is 0 Å². The number of hydrogen-bond acceptors (Lipinski definition) is 3. The maximum absolute atomic E-state index is 10.4. The minimum Gasteiger partial charge on any atom is -0.481 e. The van der Waals surface area contributed by atoms with E-state index in [0.29, 0.717) is 11.8 Å². The fourth-order valence-corrected chi connectivity index (χ4v) is 1.59. The zero-order valence-corrected chi connectivity index (χ0v) is 11.5. The summed E-state index contributed by atoms with van der Waals surface area (Å²) in [5.74, 6) is -0.733. The Labute approximate surface area is 108 Å². The average Bonchev–Trinajstić information content (AvgIpc) is 2.68. The Hall–Kier alpha value is -1.39. The van der Waals surface area contributed by atoms with E-state index in [-0.39, 0.29) is 6.42 Å². The lowest BCUT2D eigenvalue weighted by atomic mass is 9.92. The maximum atomic E-state index is 10.4. The summed E-state index contributed by atoms with van der Waals surface area (Å²) in [4.78, 5) is 10.4. The van der Waals surface area contributed by atoms with Crippen LogP contribution in [0.25, 0.3) is 0 Å². The van der Waals surface area contributed by atoms with Crippen LogP contribution in [0, 0.1) is 5.41 Å². The minimum atomic E-state index is -0.733. The molecule has 0 radical (unpaired) electrons. The molecule has 1 heterocycles. The Balaban J connectivity index is 2.28. The van der Waals surface area contributed by atoms with E-state index in [1.54, 1.807) is 0 Å². The lowest BCUT2D eigenvalue weighted by Gasteiger charge is -2.17. The van der Waals surface area contributed by atoms with Crippen molar-refractivity contribution in [3.05, 3.63) is 11.9 Å². The molecule has 1 N–H and O–H groups in total. The van der Waals surface area contributed by atoms with Crippen molar-refractivity contribution >= 4 is 5.97 Å². The van der Waals surface area contributed by atoms with Crippen LogP contribution in [0.4, 0.5) is 0 Å². The highest BCUT2D eigenvalue weighted by molar-refractivity contribution is 5.66. The van der Waals surface area contributed by atoms with E-state index in [9.17, 15) is 4.79 Å². The highest BCUT2D eigenvalue weighted by Gasteiger charge is 2.10. The second-order valence-electron chi connectivity index (χ2n) is 5.88. The third kappa shape index (κ3) is 6.37. The van der Waals surface area contributed by atoms with Gasteiger partial charge in [-0.05, 0) is 31.1 Å². The molecule has 5 nitrogen and oxygen atoms in total. The number of rotatable bonds is 7. The molecule has 5 heteroatoms. The van der Waals surface area contributed by atoms with Gasteiger partial charge in [0, 0.05) is 19.2 Å². The molecule has 0 amide bonds. The third-order valence-electron chi connectivity index (χ3n) is 2.75. The Bertz CT molecular complexity index is 380. The van der Waals surface area contributed by atoms with Crippen LogP contribution < -0.4 is 0 Å². The van der Waals surface area contributed by atoms with Crippen LogP contribution in [0.5, 0.6) is 0 Å². The molecule has 0 aliphatic carbocycles. The molecular weight excluding hydrogens is 230 g/mol. The van der Waals surface area contributed by atoms with Crippen LogP contribution in [0.3, 0.4) is 0 Å². The summed E-state index contributed by atoms with van der Waals surface area (Å²) in [6, 6.07) is 0. The van der Waals surface area contributed by atoms with E-state index < -0.39 is 5.97 Å². The fraction of sp³-hybridized carbons (Fsp3) is 0.769. The van der Waals surface area contributed by atoms with Crippen molar-refractivity contribution in [1.29, 1.82) is 0 Å². The van der Waals surface area contributed by atoms with Gasteiger partial charge < -0.3 is 5.11 Å². The monoisotopic (exact) mass is 253 g/mol. The highest BCUT2D eigenvalue weighted by Crippen LogP contribution is 2.19. The summed E-state index contributed by atoms with van der Waals surface area (Å²) in [7, 11) is 0. The first-order valence-electron chi connectivity index (χ1n) is 6.48. The van der Waals surface area contributed by atoms with Crippen LogP contribution in [0.15, 0.2) is 6.20 Å². The van der Waals surface area contributed by atoms with Gasteiger partial charge in [-0.3, -0.25) is 9.48 Å². The van der Waals surface area contributed by atoms with E-state index in [1.165, 1.54) is 0 Å². The van der Waals surface area contributed by atoms with Gasteiger partial charge in [-0.1, -0.05) is 26.0 Å². The van der Waals surface area contributed by atoms with Crippen molar-refractivity contribution in [1.82, 2.24) is 15.0 Å². The zero-order chi connectivity index (χ0) is 13.6. The van der Waals surface area contributed by atoms with Gasteiger partial charge in [0.25, 0.3) is 0 Å². The van der Waals surface area contributed by atoms with Crippen LogP contribution >= 0.6 is 0 Å². The third-order valence-corrected chi connectivity index (χ3v) is 2.75. The molecule has 1 rings (SSSR count). The van der Waals surface area contributed by atoms with Crippen LogP contribution in [-0.2, 0) is 17.8 Å². The molecule has 0 aliphatic rings. The number of unbranched alkanes of at least 4 members (excludes halogenated alkanes) is 1. The van der Waals surface area contributed by atoms with E-state index in [1.807, 2.05) is 10.9 Å². The molecule has 0 saturated carbocycles. The van der Waals surface area contributed by atoms with Crippen molar-refractivity contribution in [3.8, 4) is 0 Å². The smallest absolute Gasteiger partial charge is 0.303 e. The van der Waals surface area contributed by atoms with Crippen LogP contribution in [-0.4, -0.2) is 26.1 Å². The summed E-state index contributed by atoms with van der Waals surface area (Å²) in [5.41, 5.74) is 1.25. The van der Waals surface area contributed by atoms with E-state index in [4.69, 9.17) is 5.11 Å². The first-order chi connectivity index (χ1) is 8.37. The normalized spacial score (nSPS) is 11.7. The summed E-state index contributed by atoms with van der Waals surface area (Å²) in [6.45, 7) is 7.50. The van der Waals surface area contributed by atoms with Crippen molar-refractivity contribution < 1.29 is 9.90 Å². The molecule has 0 saturated heterocycles. The number of carbonyl (C=O) groups is 1. The number of aryl methyl sites for hydroxylation is 2. The van der Waals surface area contributed by atoms with Gasteiger partial charge >= 0.3 is 5.97 Å². The van der Waals surface area contributed by atoms with Crippen LogP contribution in [0.1, 0.15) is 52.1 Å². The molecule has 0 aromatic carbocycles. The molecule has 102 valence electrons. The molecule has 0 spiro atoms. The molecule has 0 atom stereocenters. The Morgan fingerprint density at radius 3 is 2.72 bits per heavy atom. The Morgan fingerprint density at radius 2 is 2.11 bits per heavy atom. The van der Waals surface area contributed by atoms with Gasteiger partial charge in [0.2, 0.25) is 0 Å². The second-order valence-corrected chi connectivity index (χ2v) is 5.88. The maximum Gasteiger partial charge on any atom is 0.303 e. The predicted octanol–water partition coefficient (Wildman–Crippen LogP) is 2.51. The average molecular weight is 253 g/mol.